The maximum Gasteiger partial charge on any atom is 0.0597 e. The number of aryl methyl sites for hydroxylation is 2. The lowest BCUT2D eigenvalue weighted by molar-refractivity contribution is 0.383. The number of nitrogens with zero attached hydrogens (tertiary/aromatic N) is 2. The first kappa shape index (κ1) is 13.6. The van der Waals surface area contributed by atoms with Gasteiger partial charge in [0.1, 0.15) is 0 Å². The molecule has 2 rings (SSSR count). The number of rotatable bonds is 4. The van der Waals surface area contributed by atoms with Crippen molar-refractivity contribution >= 4 is 0 Å². The second kappa shape index (κ2) is 6.93. The van der Waals surface area contributed by atoms with Gasteiger partial charge < -0.3 is 5.32 Å². The zero-order valence-electron chi connectivity index (χ0n) is 11.9. The fraction of sp³-hybridized carbons (Fsp3) is 0.800. The molecule has 1 aromatic rings. The minimum Gasteiger partial charge on any atom is -0.308 e. The number of aromatic nitrogens is 2. The lowest BCUT2D eigenvalue weighted by Crippen LogP contribution is -2.30. The molecule has 102 valence electrons. The van der Waals surface area contributed by atoms with Crippen LogP contribution in [0, 0.1) is 6.92 Å². The second-order valence-corrected chi connectivity index (χ2v) is 5.52. The molecule has 1 aromatic heterocycles. The van der Waals surface area contributed by atoms with E-state index in [9.17, 15) is 0 Å². The van der Waals surface area contributed by atoms with Gasteiger partial charge in [0.15, 0.2) is 0 Å². The monoisotopic (exact) mass is 249 g/mol. The highest BCUT2D eigenvalue weighted by Gasteiger charge is 2.12. The molecule has 0 amide bonds. The van der Waals surface area contributed by atoms with Crippen molar-refractivity contribution in [1.29, 1.82) is 0 Å². The third-order valence-electron chi connectivity index (χ3n) is 3.96. The Morgan fingerprint density at radius 3 is 2.56 bits per heavy atom. The lowest BCUT2D eigenvalue weighted by atomic mass is 9.97. The van der Waals surface area contributed by atoms with Crippen molar-refractivity contribution in [3.05, 3.63) is 17.5 Å². The summed E-state index contributed by atoms with van der Waals surface area (Å²) in [7, 11) is 0. The van der Waals surface area contributed by atoms with E-state index in [0.717, 1.165) is 18.8 Å². The summed E-state index contributed by atoms with van der Waals surface area (Å²) in [6.07, 6.45) is 9.76. The molecule has 1 saturated carbocycles. The molecule has 18 heavy (non-hydrogen) atoms. The van der Waals surface area contributed by atoms with Gasteiger partial charge >= 0.3 is 0 Å². The van der Waals surface area contributed by atoms with Crippen molar-refractivity contribution in [1.82, 2.24) is 15.1 Å². The normalized spacial score (nSPS) is 18.6. The second-order valence-electron chi connectivity index (χ2n) is 5.52. The highest BCUT2D eigenvalue weighted by molar-refractivity contribution is 5.08. The molecule has 0 aliphatic heterocycles. The number of hydrogen-bond donors (Lipinski definition) is 1. The fourth-order valence-corrected chi connectivity index (χ4v) is 2.92. The van der Waals surface area contributed by atoms with Gasteiger partial charge in [0.05, 0.1) is 11.4 Å². The van der Waals surface area contributed by atoms with E-state index in [1.54, 1.807) is 0 Å². The Kier molecular flexibility index (Phi) is 5.24. The zero-order valence-corrected chi connectivity index (χ0v) is 11.9. The summed E-state index contributed by atoms with van der Waals surface area (Å²) >= 11 is 0. The van der Waals surface area contributed by atoms with Crippen LogP contribution in [0.1, 0.15) is 63.3 Å². The Hall–Kier alpha value is -0.830. The molecular formula is C15H27N3. The predicted molar refractivity (Wildman–Crippen MR) is 75.6 cm³/mol. The van der Waals surface area contributed by atoms with Gasteiger partial charge in [0, 0.05) is 19.1 Å². The lowest BCUT2D eigenvalue weighted by Gasteiger charge is -2.21. The van der Waals surface area contributed by atoms with Gasteiger partial charge in [-0.05, 0) is 32.8 Å². The van der Waals surface area contributed by atoms with Crippen LogP contribution in [0.15, 0.2) is 6.07 Å². The maximum absolute atomic E-state index is 4.50. The standard InChI is InChI=1S/C15H27N3/c1-3-18-15(11-13(2)17-18)12-16-14-9-7-5-4-6-8-10-14/h11,14,16H,3-10,12H2,1-2H3. The molecule has 0 saturated heterocycles. The predicted octanol–water partition coefficient (Wildman–Crippen LogP) is 3.41. The zero-order chi connectivity index (χ0) is 12.8. The van der Waals surface area contributed by atoms with Gasteiger partial charge in [0.2, 0.25) is 0 Å². The van der Waals surface area contributed by atoms with E-state index in [1.165, 1.54) is 50.6 Å². The van der Waals surface area contributed by atoms with Crippen molar-refractivity contribution in [2.45, 2.75) is 77.9 Å². The maximum atomic E-state index is 4.50. The summed E-state index contributed by atoms with van der Waals surface area (Å²) < 4.78 is 2.12. The topological polar surface area (TPSA) is 29.9 Å². The molecule has 3 heteroatoms. The first-order chi connectivity index (χ1) is 8.79. The molecule has 0 spiro atoms. The van der Waals surface area contributed by atoms with Crippen LogP contribution in [0.2, 0.25) is 0 Å². The molecule has 1 N–H and O–H groups in total. The highest BCUT2D eigenvalue weighted by Crippen LogP contribution is 2.17. The van der Waals surface area contributed by atoms with Crippen LogP contribution in [0.25, 0.3) is 0 Å². The third kappa shape index (κ3) is 3.84. The van der Waals surface area contributed by atoms with E-state index in [0.29, 0.717) is 6.04 Å². The van der Waals surface area contributed by atoms with Gasteiger partial charge in [-0.1, -0.05) is 32.1 Å². The van der Waals surface area contributed by atoms with Crippen molar-refractivity contribution in [2.24, 2.45) is 0 Å². The average Bonchev–Trinajstić information content (AvgIpc) is 2.68. The minimum absolute atomic E-state index is 0.714. The highest BCUT2D eigenvalue weighted by atomic mass is 15.3. The summed E-state index contributed by atoms with van der Waals surface area (Å²) in [6, 6.07) is 2.92. The fourth-order valence-electron chi connectivity index (χ4n) is 2.92. The molecule has 1 fully saturated rings. The Bertz CT molecular complexity index is 349. The van der Waals surface area contributed by atoms with Gasteiger partial charge in [-0.3, -0.25) is 4.68 Å². The van der Waals surface area contributed by atoms with E-state index < -0.39 is 0 Å². The van der Waals surface area contributed by atoms with E-state index in [-0.39, 0.29) is 0 Å². The molecule has 1 aliphatic rings. The molecule has 3 nitrogen and oxygen atoms in total. The Balaban J connectivity index is 1.85. The quantitative estimate of drug-likeness (QED) is 0.886. The molecule has 0 radical (unpaired) electrons. The van der Waals surface area contributed by atoms with Gasteiger partial charge in [-0.15, -0.1) is 0 Å². The molecule has 0 aromatic carbocycles. The third-order valence-corrected chi connectivity index (χ3v) is 3.96. The molecular weight excluding hydrogens is 222 g/mol. The van der Waals surface area contributed by atoms with Crippen LogP contribution in [0.3, 0.4) is 0 Å². The molecule has 0 unspecified atom stereocenters. The van der Waals surface area contributed by atoms with Crippen molar-refractivity contribution < 1.29 is 0 Å². The van der Waals surface area contributed by atoms with Crippen LogP contribution < -0.4 is 5.32 Å². The summed E-state index contributed by atoms with van der Waals surface area (Å²) in [5, 5.41) is 8.24. The SMILES string of the molecule is CCn1nc(C)cc1CNC1CCCCCCC1. The van der Waals surface area contributed by atoms with Crippen LogP contribution in [-0.2, 0) is 13.1 Å². The molecule has 1 aliphatic carbocycles. The van der Waals surface area contributed by atoms with Gasteiger partial charge in [-0.2, -0.15) is 5.10 Å². The van der Waals surface area contributed by atoms with E-state index >= 15 is 0 Å². The first-order valence-electron chi connectivity index (χ1n) is 7.56. The minimum atomic E-state index is 0.714. The first-order valence-corrected chi connectivity index (χ1v) is 7.56. The van der Waals surface area contributed by atoms with Crippen LogP contribution in [0.5, 0.6) is 0 Å². The number of hydrogen-bond acceptors (Lipinski definition) is 2. The summed E-state index contributed by atoms with van der Waals surface area (Å²) in [5.41, 5.74) is 2.46. The van der Waals surface area contributed by atoms with Crippen molar-refractivity contribution in [3.8, 4) is 0 Å². The van der Waals surface area contributed by atoms with Crippen molar-refractivity contribution in [3.63, 3.8) is 0 Å². The van der Waals surface area contributed by atoms with Crippen LogP contribution >= 0.6 is 0 Å². The van der Waals surface area contributed by atoms with Gasteiger partial charge in [0.25, 0.3) is 0 Å². The Morgan fingerprint density at radius 1 is 1.22 bits per heavy atom. The number of nitrogens with one attached hydrogen (secondary N) is 1. The summed E-state index contributed by atoms with van der Waals surface area (Å²) in [6.45, 7) is 6.17. The molecule has 0 atom stereocenters. The van der Waals surface area contributed by atoms with Crippen LogP contribution in [0.4, 0.5) is 0 Å². The van der Waals surface area contributed by atoms with E-state index in [4.69, 9.17) is 0 Å². The van der Waals surface area contributed by atoms with Crippen LogP contribution in [-0.4, -0.2) is 15.8 Å². The van der Waals surface area contributed by atoms with Crippen molar-refractivity contribution in [2.75, 3.05) is 0 Å². The smallest absolute Gasteiger partial charge is 0.0597 e. The molecule has 1 heterocycles. The average molecular weight is 249 g/mol. The summed E-state index contributed by atoms with van der Waals surface area (Å²) in [4.78, 5) is 0. The van der Waals surface area contributed by atoms with E-state index in [1.807, 2.05) is 0 Å². The molecule has 0 bridgehead atoms. The van der Waals surface area contributed by atoms with E-state index in [2.05, 4.69) is 35.0 Å². The summed E-state index contributed by atoms with van der Waals surface area (Å²) in [5.74, 6) is 0. The Labute approximate surface area is 111 Å². The largest absolute Gasteiger partial charge is 0.308 e. The van der Waals surface area contributed by atoms with Gasteiger partial charge in [-0.25, -0.2) is 0 Å². The Morgan fingerprint density at radius 2 is 1.89 bits per heavy atom.